The van der Waals surface area contributed by atoms with E-state index < -0.39 is 15.1 Å². The first-order chi connectivity index (χ1) is 9.71. The highest BCUT2D eigenvalue weighted by Gasteiger charge is 2.29. The highest BCUT2D eigenvalue weighted by atomic mass is 32.2. The fraction of sp³-hybridized carbons (Fsp3) is 0.400. The van der Waals surface area contributed by atoms with Crippen LogP contribution < -0.4 is 0 Å². The molecule has 2 aromatic rings. The predicted molar refractivity (Wildman–Crippen MR) is 87.7 cm³/mol. The number of hydrogen-bond donors (Lipinski definition) is 0. The smallest absolute Gasteiger partial charge is 0.263 e. The molecule has 0 spiro atoms. The Labute approximate surface area is 129 Å². The monoisotopic (exact) mass is 325 g/mol. The Morgan fingerprint density at radius 3 is 2.43 bits per heavy atom. The quantitative estimate of drug-likeness (QED) is 0.868. The Kier molecular flexibility index (Phi) is 4.39. The lowest BCUT2D eigenvalue weighted by Gasteiger charge is -2.28. The number of amides is 1. The maximum atomic E-state index is 12.5. The molecule has 2 unspecified atom stereocenters. The van der Waals surface area contributed by atoms with E-state index in [-0.39, 0.29) is 11.9 Å². The molecule has 0 saturated carbocycles. The number of benzene rings is 1. The molecule has 2 rings (SSSR count). The van der Waals surface area contributed by atoms with Crippen LogP contribution in [-0.4, -0.2) is 43.8 Å². The van der Waals surface area contributed by atoms with E-state index in [4.69, 9.17) is 0 Å². The zero-order valence-corrected chi connectivity index (χ0v) is 14.2. The van der Waals surface area contributed by atoms with Gasteiger partial charge in [0.25, 0.3) is 5.91 Å². The average Bonchev–Trinajstić information content (AvgIpc) is 2.86. The van der Waals surface area contributed by atoms with Crippen LogP contribution in [0, 0.1) is 0 Å². The van der Waals surface area contributed by atoms with Crippen LogP contribution >= 0.6 is 11.3 Å². The summed E-state index contributed by atoms with van der Waals surface area (Å²) in [7, 11) is -1.53. The molecular weight excluding hydrogens is 306 g/mol. The van der Waals surface area contributed by atoms with Crippen molar-refractivity contribution in [3.8, 4) is 0 Å². The van der Waals surface area contributed by atoms with Crippen molar-refractivity contribution in [1.82, 2.24) is 4.90 Å². The van der Waals surface area contributed by atoms with Gasteiger partial charge in [-0.2, -0.15) is 0 Å². The summed E-state index contributed by atoms with van der Waals surface area (Å²) in [5.41, 5.74) is 0. The summed E-state index contributed by atoms with van der Waals surface area (Å²) in [5, 5.41) is 0.434. The molecule has 21 heavy (non-hydrogen) atoms. The molecule has 0 radical (unpaired) electrons. The minimum Gasteiger partial charge on any atom is -0.337 e. The number of fused-ring (bicyclic) bond motifs is 1. The first-order valence-electron chi connectivity index (χ1n) is 6.66. The van der Waals surface area contributed by atoms with Crippen molar-refractivity contribution in [3.05, 3.63) is 35.2 Å². The van der Waals surface area contributed by atoms with Gasteiger partial charge in [0.2, 0.25) is 0 Å². The molecule has 1 heterocycles. The van der Waals surface area contributed by atoms with Gasteiger partial charge in [0, 0.05) is 24.0 Å². The molecule has 0 saturated heterocycles. The highest BCUT2D eigenvalue weighted by molar-refractivity contribution is 7.91. The third kappa shape index (κ3) is 3.27. The normalized spacial score (nSPS) is 14.9. The van der Waals surface area contributed by atoms with E-state index in [0.29, 0.717) is 4.88 Å². The number of carbonyl (C=O) groups excluding carboxylic acids is 1. The van der Waals surface area contributed by atoms with Gasteiger partial charge in [-0.05, 0) is 31.4 Å². The molecule has 0 fully saturated rings. The van der Waals surface area contributed by atoms with Gasteiger partial charge in [0.1, 0.15) is 0 Å². The molecular formula is C15H19NO3S2. The van der Waals surface area contributed by atoms with Crippen LogP contribution in [-0.2, 0) is 9.84 Å². The van der Waals surface area contributed by atoms with Crippen LogP contribution in [0.15, 0.2) is 30.3 Å². The number of rotatable bonds is 4. The van der Waals surface area contributed by atoms with Crippen molar-refractivity contribution in [2.24, 2.45) is 0 Å². The van der Waals surface area contributed by atoms with E-state index in [9.17, 15) is 13.2 Å². The minimum absolute atomic E-state index is 0.140. The van der Waals surface area contributed by atoms with Gasteiger partial charge in [-0.25, -0.2) is 8.42 Å². The summed E-state index contributed by atoms with van der Waals surface area (Å²) >= 11 is 1.43. The summed E-state index contributed by atoms with van der Waals surface area (Å²) in [4.78, 5) is 14.7. The Morgan fingerprint density at radius 2 is 1.86 bits per heavy atom. The van der Waals surface area contributed by atoms with E-state index >= 15 is 0 Å². The van der Waals surface area contributed by atoms with Crippen molar-refractivity contribution in [3.63, 3.8) is 0 Å². The van der Waals surface area contributed by atoms with E-state index in [0.717, 1.165) is 10.1 Å². The third-order valence-electron chi connectivity index (χ3n) is 3.92. The second kappa shape index (κ2) is 5.77. The standard InChI is InChI=1S/C15H19NO3S2/c1-10(11(2)21(4,18)19)16(3)15(17)14-9-12-7-5-6-8-13(12)20-14/h5-11H,1-4H3. The summed E-state index contributed by atoms with van der Waals surface area (Å²) < 4.78 is 24.3. The van der Waals surface area contributed by atoms with Crippen LogP contribution in [0.4, 0.5) is 0 Å². The molecule has 114 valence electrons. The molecule has 1 aromatic heterocycles. The van der Waals surface area contributed by atoms with Gasteiger partial charge in [-0.3, -0.25) is 4.79 Å². The summed E-state index contributed by atoms with van der Waals surface area (Å²) in [6.07, 6.45) is 1.20. The number of carbonyl (C=O) groups is 1. The first-order valence-corrected chi connectivity index (χ1v) is 9.43. The lowest BCUT2D eigenvalue weighted by molar-refractivity contribution is 0.0748. The van der Waals surface area contributed by atoms with Crippen molar-refractivity contribution in [2.45, 2.75) is 25.1 Å². The fourth-order valence-corrected chi connectivity index (χ4v) is 4.06. The lowest BCUT2D eigenvalue weighted by atomic mass is 10.2. The molecule has 0 aliphatic heterocycles. The Bertz CT molecular complexity index is 731. The number of hydrogen-bond acceptors (Lipinski definition) is 4. The second-order valence-corrected chi connectivity index (χ2v) is 8.83. The first kappa shape index (κ1) is 16.0. The molecule has 0 aliphatic rings. The molecule has 6 heteroatoms. The van der Waals surface area contributed by atoms with Gasteiger partial charge in [0.05, 0.1) is 10.1 Å². The average molecular weight is 325 g/mol. The van der Waals surface area contributed by atoms with Crippen LogP contribution in [0.5, 0.6) is 0 Å². The molecule has 1 amide bonds. The Balaban J connectivity index is 2.26. The van der Waals surface area contributed by atoms with Crippen LogP contribution in [0.2, 0.25) is 0 Å². The maximum absolute atomic E-state index is 12.5. The van der Waals surface area contributed by atoms with E-state index in [2.05, 4.69) is 0 Å². The maximum Gasteiger partial charge on any atom is 0.263 e. The van der Waals surface area contributed by atoms with Gasteiger partial charge < -0.3 is 4.90 Å². The van der Waals surface area contributed by atoms with E-state index in [1.165, 1.54) is 22.5 Å². The largest absolute Gasteiger partial charge is 0.337 e. The van der Waals surface area contributed by atoms with Crippen molar-refractivity contribution in [2.75, 3.05) is 13.3 Å². The van der Waals surface area contributed by atoms with Gasteiger partial charge >= 0.3 is 0 Å². The van der Waals surface area contributed by atoms with Crippen LogP contribution in [0.25, 0.3) is 10.1 Å². The second-order valence-electron chi connectivity index (χ2n) is 5.34. The lowest BCUT2D eigenvalue weighted by Crippen LogP contribution is -2.44. The number of sulfone groups is 1. The third-order valence-corrected chi connectivity index (χ3v) is 6.77. The molecule has 0 N–H and O–H groups in total. The van der Waals surface area contributed by atoms with E-state index in [1.807, 2.05) is 30.3 Å². The molecule has 0 aliphatic carbocycles. The van der Waals surface area contributed by atoms with E-state index in [1.54, 1.807) is 20.9 Å². The van der Waals surface area contributed by atoms with Crippen molar-refractivity contribution in [1.29, 1.82) is 0 Å². The number of nitrogens with zero attached hydrogens (tertiary/aromatic N) is 1. The zero-order chi connectivity index (χ0) is 15.8. The van der Waals surface area contributed by atoms with Gasteiger partial charge in [-0.1, -0.05) is 18.2 Å². The molecule has 1 aromatic carbocycles. The van der Waals surface area contributed by atoms with Crippen LogP contribution in [0.3, 0.4) is 0 Å². The SMILES string of the molecule is CC(C(C)S(C)(=O)=O)N(C)C(=O)c1cc2ccccc2s1. The predicted octanol–water partition coefficient (Wildman–Crippen LogP) is 2.79. The van der Waals surface area contributed by atoms with Gasteiger partial charge in [0.15, 0.2) is 9.84 Å². The minimum atomic E-state index is -3.18. The highest BCUT2D eigenvalue weighted by Crippen LogP contribution is 2.27. The molecule has 0 bridgehead atoms. The summed E-state index contributed by atoms with van der Waals surface area (Å²) in [6.45, 7) is 3.39. The topological polar surface area (TPSA) is 54.5 Å². The summed E-state index contributed by atoms with van der Waals surface area (Å²) in [5.74, 6) is -0.140. The Hall–Kier alpha value is -1.40. The van der Waals surface area contributed by atoms with Crippen molar-refractivity contribution >= 4 is 37.2 Å². The number of thiophene rings is 1. The molecule has 4 nitrogen and oxygen atoms in total. The summed E-state index contributed by atoms with van der Waals surface area (Å²) in [6, 6.07) is 9.28. The van der Waals surface area contributed by atoms with Crippen LogP contribution in [0.1, 0.15) is 23.5 Å². The zero-order valence-electron chi connectivity index (χ0n) is 12.5. The Morgan fingerprint density at radius 1 is 1.24 bits per heavy atom. The molecule has 2 atom stereocenters. The van der Waals surface area contributed by atoms with Gasteiger partial charge in [-0.15, -0.1) is 11.3 Å². The fourth-order valence-electron chi connectivity index (χ4n) is 2.12. The van der Waals surface area contributed by atoms with Crippen molar-refractivity contribution < 1.29 is 13.2 Å².